The number of hydrogen-bond acceptors (Lipinski definition) is 4. The molecule has 0 saturated carbocycles. The maximum absolute atomic E-state index is 12.0. The molecule has 0 radical (unpaired) electrons. The van der Waals surface area contributed by atoms with Crippen molar-refractivity contribution in [1.29, 1.82) is 0 Å². The van der Waals surface area contributed by atoms with E-state index in [1.165, 1.54) is 18.5 Å². The Morgan fingerprint density at radius 3 is 2.65 bits per heavy atom. The first-order valence-corrected chi connectivity index (χ1v) is 6.63. The van der Waals surface area contributed by atoms with Gasteiger partial charge in [-0.15, -0.1) is 0 Å². The second kappa shape index (κ2) is 3.82. The zero-order valence-corrected chi connectivity index (χ0v) is 10.7. The van der Waals surface area contributed by atoms with E-state index in [0.717, 1.165) is 0 Å². The Labute approximate surface area is 99.9 Å². The lowest BCUT2D eigenvalue weighted by molar-refractivity contribution is 0.491. The van der Waals surface area contributed by atoms with Crippen molar-refractivity contribution >= 4 is 21.1 Å². The third-order valence-corrected chi connectivity index (χ3v) is 3.81. The first-order valence-electron chi connectivity index (χ1n) is 5.15. The van der Waals surface area contributed by atoms with Gasteiger partial charge in [-0.1, -0.05) is 0 Å². The van der Waals surface area contributed by atoms with Crippen molar-refractivity contribution < 1.29 is 12.8 Å². The van der Waals surface area contributed by atoms with Crippen LogP contribution in [0.15, 0.2) is 33.9 Å². The minimum atomic E-state index is -3.53. The summed E-state index contributed by atoms with van der Waals surface area (Å²) in [6.07, 6.45) is 1.29. The predicted molar refractivity (Wildman–Crippen MR) is 64.1 cm³/mol. The minimum Gasteiger partial charge on any atom is -0.443 e. The van der Waals surface area contributed by atoms with Gasteiger partial charge in [0.05, 0.1) is 4.90 Å². The molecular formula is C11H14N2O3S. The normalized spacial score (nSPS) is 13.1. The molecule has 92 valence electrons. The van der Waals surface area contributed by atoms with Crippen LogP contribution in [-0.2, 0) is 10.0 Å². The van der Waals surface area contributed by atoms with Crippen LogP contribution >= 0.6 is 0 Å². The van der Waals surface area contributed by atoms with Crippen LogP contribution < -0.4 is 4.72 Å². The molecule has 0 amide bonds. The van der Waals surface area contributed by atoms with E-state index in [0.29, 0.717) is 11.1 Å². The summed E-state index contributed by atoms with van der Waals surface area (Å²) < 4.78 is 31.7. The lowest BCUT2D eigenvalue weighted by atomic mass is 10.1. The summed E-state index contributed by atoms with van der Waals surface area (Å²) in [6, 6.07) is 4.60. The van der Waals surface area contributed by atoms with Gasteiger partial charge in [-0.05, 0) is 32.9 Å². The van der Waals surface area contributed by atoms with E-state index < -0.39 is 15.6 Å². The predicted octanol–water partition coefficient (Wildman–Crippen LogP) is 1.90. The van der Waals surface area contributed by atoms with E-state index >= 15 is 0 Å². The van der Waals surface area contributed by atoms with Gasteiger partial charge >= 0.3 is 0 Å². The van der Waals surface area contributed by atoms with Crippen molar-refractivity contribution in [2.45, 2.75) is 31.2 Å². The fourth-order valence-electron chi connectivity index (χ4n) is 1.46. The Bertz CT molecular complexity index is 638. The highest BCUT2D eigenvalue weighted by atomic mass is 32.2. The number of aromatic nitrogens is 1. The van der Waals surface area contributed by atoms with Crippen molar-refractivity contribution in [3.8, 4) is 0 Å². The molecule has 2 rings (SSSR count). The molecule has 1 aromatic heterocycles. The molecule has 0 bridgehead atoms. The first kappa shape index (κ1) is 12.1. The summed E-state index contributed by atoms with van der Waals surface area (Å²) in [6.45, 7) is 5.37. The number of rotatable bonds is 2. The molecule has 1 aromatic carbocycles. The second-order valence-corrected chi connectivity index (χ2v) is 6.52. The van der Waals surface area contributed by atoms with E-state index in [9.17, 15) is 8.42 Å². The van der Waals surface area contributed by atoms with E-state index in [2.05, 4.69) is 9.71 Å². The Kier molecular flexibility index (Phi) is 2.71. The summed E-state index contributed by atoms with van der Waals surface area (Å²) in [4.78, 5) is 4.11. The number of nitrogens with one attached hydrogen (secondary N) is 1. The fraction of sp³-hybridized carbons (Fsp3) is 0.364. The fourth-order valence-corrected chi connectivity index (χ4v) is 2.90. The molecular weight excluding hydrogens is 240 g/mol. The van der Waals surface area contributed by atoms with E-state index in [1.54, 1.807) is 26.8 Å². The largest absolute Gasteiger partial charge is 0.443 e. The average molecular weight is 254 g/mol. The van der Waals surface area contributed by atoms with Crippen LogP contribution in [0.4, 0.5) is 0 Å². The Morgan fingerprint density at radius 2 is 2.00 bits per heavy atom. The molecule has 17 heavy (non-hydrogen) atoms. The molecule has 2 aromatic rings. The molecule has 0 spiro atoms. The summed E-state index contributed by atoms with van der Waals surface area (Å²) in [7, 11) is -3.53. The molecule has 6 heteroatoms. The highest BCUT2D eigenvalue weighted by Gasteiger charge is 2.22. The first-order chi connectivity index (χ1) is 7.78. The van der Waals surface area contributed by atoms with Crippen molar-refractivity contribution in [2.24, 2.45) is 0 Å². The number of sulfonamides is 1. The van der Waals surface area contributed by atoms with Gasteiger partial charge in [0.2, 0.25) is 10.0 Å². The number of oxazole rings is 1. The lowest BCUT2D eigenvalue weighted by Gasteiger charge is -2.20. The summed E-state index contributed by atoms with van der Waals surface area (Å²) in [5.74, 6) is 0. The van der Waals surface area contributed by atoms with Crippen LogP contribution in [0.2, 0.25) is 0 Å². The molecule has 0 aliphatic carbocycles. The smallest absolute Gasteiger partial charge is 0.241 e. The molecule has 0 aliphatic rings. The highest BCUT2D eigenvalue weighted by molar-refractivity contribution is 7.89. The molecule has 0 aliphatic heterocycles. The van der Waals surface area contributed by atoms with Gasteiger partial charge in [0, 0.05) is 11.6 Å². The zero-order valence-electron chi connectivity index (χ0n) is 9.89. The van der Waals surface area contributed by atoms with Gasteiger partial charge in [0.25, 0.3) is 0 Å². The van der Waals surface area contributed by atoms with Crippen LogP contribution in [0.1, 0.15) is 20.8 Å². The molecule has 0 fully saturated rings. The topological polar surface area (TPSA) is 72.2 Å². The second-order valence-electron chi connectivity index (χ2n) is 4.84. The van der Waals surface area contributed by atoms with Gasteiger partial charge in [0.1, 0.15) is 5.52 Å². The van der Waals surface area contributed by atoms with Crippen molar-refractivity contribution in [3.05, 3.63) is 24.6 Å². The standard InChI is InChI=1S/C11H14N2O3S/c1-11(2,3)13-17(14,15)8-4-5-9-10(6-8)16-7-12-9/h4-7,13H,1-3H3. The summed E-state index contributed by atoms with van der Waals surface area (Å²) >= 11 is 0. The zero-order chi connectivity index (χ0) is 12.7. The van der Waals surface area contributed by atoms with Gasteiger partial charge in [-0.25, -0.2) is 18.1 Å². The summed E-state index contributed by atoms with van der Waals surface area (Å²) in [5, 5.41) is 0. The van der Waals surface area contributed by atoms with E-state index in [1.807, 2.05) is 0 Å². The quantitative estimate of drug-likeness (QED) is 0.888. The lowest BCUT2D eigenvalue weighted by Crippen LogP contribution is -2.40. The van der Waals surface area contributed by atoms with Crippen LogP contribution in [0, 0.1) is 0 Å². The van der Waals surface area contributed by atoms with Crippen molar-refractivity contribution in [2.75, 3.05) is 0 Å². The molecule has 5 nitrogen and oxygen atoms in total. The van der Waals surface area contributed by atoms with Crippen molar-refractivity contribution in [3.63, 3.8) is 0 Å². The van der Waals surface area contributed by atoms with Crippen LogP contribution in [0.25, 0.3) is 11.1 Å². The number of nitrogens with zero attached hydrogens (tertiary/aromatic N) is 1. The minimum absolute atomic E-state index is 0.177. The highest BCUT2D eigenvalue weighted by Crippen LogP contribution is 2.19. The maximum Gasteiger partial charge on any atom is 0.241 e. The van der Waals surface area contributed by atoms with Crippen LogP contribution in [0.5, 0.6) is 0 Å². The van der Waals surface area contributed by atoms with Gasteiger partial charge < -0.3 is 4.42 Å². The van der Waals surface area contributed by atoms with Gasteiger partial charge in [0.15, 0.2) is 12.0 Å². The Balaban J connectivity index is 2.45. The molecule has 0 unspecified atom stereocenters. The molecule has 0 atom stereocenters. The SMILES string of the molecule is CC(C)(C)NS(=O)(=O)c1ccc2ncoc2c1. The van der Waals surface area contributed by atoms with Crippen LogP contribution in [-0.4, -0.2) is 18.9 Å². The Hall–Kier alpha value is -1.40. The third-order valence-electron chi connectivity index (χ3n) is 2.05. The monoisotopic (exact) mass is 254 g/mol. The van der Waals surface area contributed by atoms with Gasteiger partial charge in [-0.3, -0.25) is 0 Å². The van der Waals surface area contributed by atoms with Crippen LogP contribution in [0.3, 0.4) is 0 Å². The summed E-state index contributed by atoms with van der Waals surface area (Å²) in [5.41, 5.74) is 0.580. The Morgan fingerprint density at radius 1 is 1.29 bits per heavy atom. The maximum atomic E-state index is 12.0. The van der Waals surface area contributed by atoms with Crippen molar-refractivity contribution in [1.82, 2.24) is 9.71 Å². The molecule has 1 N–H and O–H groups in total. The number of fused-ring (bicyclic) bond motifs is 1. The number of hydrogen-bond donors (Lipinski definition) is 1. The third kappa shape index (κ3) is 2.65. The molecule has 0 saturated heterocycles. The average Bonchev–Trinajstić information content (AvgIpc) is 2.59. The number of benzene rings is 1. The van der Waals surface area contributed by atoms with E-state index in [-0.39, 0.29) is 4.90 Å². The molecule has 1 heterocycles. The van der Waals surface area contributed by atoms with E-state index in [4.69, 9.17) is 4.42 Å². The van der Waals surface area contributed by atoms with Gasteiger partial charge in [-0.2, -0.15) is 0 Å².